The van der Waals surface area contributed by atoms with Crippen molar-refractivity contribution < 1.29 is 14.5 Å². The monoisotopic (exact) mass is 281 g/mol. The molecule has 0 saturated carbocycles. The fraction of sp³-hybridized carbons (Fsp3) is 0.462. The molecule has 1 unspecified atom stereocenters. The van der Waals surface area contributed by atoms with Crippen molar-refractivity contribution >= 4 is 11.6 Å². The molecule has 110 valence electrons. The molecule has 7 nitrogen and oxygen atoms in total. The molecule has 1 aromatic rings. The number of amides is 1. The Labute approximate surface area is 117 Å². The molecule has 0 aromatic heterocycles. The zero-order chi connectivity index (χ0) is 15.3. The molecule has 1 N–H and O–H groups in total. The van der Waals surface area contributed by atoms with Gasteiger partial charge in [-0.3, -0.25) is 14.9 Å². The predicted octanol–water partition coefficient (Wildman–Crippen LogP) is 1.17. The number of nitrogens with zero attached hydrogens (tertiary/aromatic N) is 2. The van der Waals surface area contributed by atoms with E-state index in [1.165, 1.54) is 17.0 Å². The number of nitro groups is 1. The lowest BCUT2D eigenvalue weighted by Crippen LogP contribution is -2.35. The van der Waals surface area contributed by atoms with Crippen molar-refractivity contribution in [3.63, 3.8) is 0 Å². The minimum Gasteiger partial charge on any atom is -0.474 e. The Bertz CT molecular complexity index is 502. The lowest BCUT2D eigenvalue weighted by atomic mass is 10.2. The van der Waals surface area contributed by atoms with Crippen molar-refractivity contribution in [2.45, 2.75) is 19.6 Å². The third-order valence-corrected chi connectivity index (χ3v) is 2.69. The molecule has 0 aliphatic heterocycles. The zero-order valence-electron chi connectivity index (χ0n) is 12.0. The molecule has 0 aliphatic rings. The smallest absolute Gasteiger partial charge is 0.311 e. The molecule has 0 bridgehead atoms. The van der Waals surface area contributed by atoms with Crippen LogP contribution >= 0.6 is 0 Å². The van der Waals surface area contributed by atoms with Gasteiger partial charge in [0.1, 0.15) is 0 Å². The van der Waals surface area contributed by atoms with Gasteiger partial charge in [0, 0.05) is 26.7 Å². The average molecular weight is 281 g/mol. The summed E-state index contributed by atoms with van der Waals surface area (Å²) in [6.07, 6.45) is -0.779. The van der Waals surface area contributed by atoms with Crippen molar-refractivity contribution in [3.8, 4) is 5.75 Å². The van der Waals surface area contributed by atoms with Gasteiger partial charge in [0.05, 0.1) is 4.92 Å². The lowest BCUT2D eigenvalue weighted by Gasteiger charge is -2.18. The fourth-order valence-electron chi connectivity index (χ4n) is 1.72. The number of likely N-dealkylation sites (N-methyl/N-ethyl adjacent to an activating group) is 1. The number of ether oxygens (including phenoxy) is 1. The minimum atomic E-state index is -0.779. The number of nitro benzene ring substituents is 1. The molecule has 7 heteroatoms. The maximum Gasteiger partial charge on any atom is 0.311 e. The van der Waals surface area contributed by atoms with E-state index >= 15 is 0 Å². The van der Waals surface area contributed by atoms with Crippen LogP contribution in [0.1, 0.15) is 12.5 Å². The maximum absolute atomic E-state index is 11.7. The number of hydrogen-bond donors (Lipinski definition) is 1. The van der Waals surface area contributed by atoms with E-state index < -0.39 is 11.0 Å². The topological polar surface area (TPSA) is 84.7 Å². The lowest BCUT2D eigenvalue weighted by molar-refractivity contribution is -0.386. The van der Waals surface area contributed by atoms with E-state index in [4.69, 9.17) is 4.74 Å². The summed E-state index contributed by atoms with van der Waals surface area (Å²) in [6.45, 7) is 2.08. The standard InChI is InChI=1S/C13H19N3O4/c1-9(13(17)15(3)4)20-12-6-5-10(8-14-2)7-11(12)16(18)19/h5-7,9,14H,8H2,1-4H3. The van der Waals surface area contributed by atoms with E-state index in [0.29, 0.717) is 6.54 Å². The SMILES string of the molecule is CNCc1ccc(OC(C)C(=O)N(C)C)c([N+](=O)[O-])c1. The van der Waals surface area contributed by atoms with Gasteiger partial charge < -0.3 is 15.0 Å². The first-order valence-corrected chi connectivity index (χ1v) is 6.16. The van der Waals surface area contributed by atoms with Gasteiger partial charge in [0.2, 0.25) is 0 Å². The van der Waals surface area contributed by atoms with E-state index in [9.17, 15) is 14.9 Å². The van der Waals surface area contributed by atoms with Crippen LogP contribution in [0.4, 0.5) is 5.69 Å². The Morgan fingerprint density at radius 1 is 1.50 bits per heavy atom. The normalized spacial score (nSPS) is 11.8. The van der Waals surface area contributed by atoms with Crippen molar-refractivity contribution in [3.05, 3.63) is 33.9 Å². The Balaban J connectivity index is 3.00. The van der Waals surface area contributed by atoms with Gasteiger partial charge in [-0.2, -0.15) is 0 Å². The molecule has 1 aromatic carbocycles. The van der Waals surface area contributed by atoms with Crippen molar-refractivity contribution in [1.29, 1.82) is 0 Å². The molecule has 1 amide bonds. The van der Waals surface area contributed by atoms with Crippen molar-refractivity contribution in [2.75, 3.05) is 21.1 Å². The van der Waals surface area contributed by atoms with E-state index in [2.05, 4.69) is 5.32 Å². The van der Waals surface area contributed by atoms with Crippen LogP contribution < -0.4 is 10.1 Å². The van der Waals surface area contributed by atoms with E-state index in [0.717, 1.165) is 5.56 Å². The fourth-order valence-corrected chi connectivity index (χ4v) is 1.72. The van der Waals surface area contributed by atoms with Crippen molar-refractivity contribution in [1.82, 2.24) is 10.2 Å². The number of benzene rings is 1. The number of hydrogen-bond acceptors (Lipinski definition) is 5. The summed E-state index contributed by atoms with van der Waals surface area (Å²) < 4.78 is 5.41. The van der Waals surface area contributed by atoms with Crippen LogP contribution in [0.5, 0.6) is 5.75 Å². The highest BCUT2D eigenvalue weighted by atomic mass is 16.6. The molecule has 20 heavy (non-hydrogen) atoms. The highest BCUT2D eigenvalue weighted by Gasteiger charge is 2.22. The number of carbonyl (C=O) groups is 1. The van der Waals surface area contributed by atoms with Gasteiger partial charge in [-0.05, 0) is 25.6 Å². The molecule has 0 saturated heterocycles. The molecule has 0 heterocycles. The van der Waals surface area contributed by atoms with Crippen LogP contribution in [-0.4, -0.2) is 43.0 Å². The van der Waals surface area contributed by atoms with E-state index in [1.54, 1.807) is 34.1 Å². The van der Waals surface area contributed by atoms with E-state index in [1.807, 2.05) is 0 Å². The highest BCUT2D eigenvalue weighted by Crippen LogP contribution is 2.29. The number of rotatable bonds is 6. The van der Waals surface area contributed by atoms with Crippen LogP contribution in [0.15, 0.2) is 18.2 Å². The second-order valence-electron chi connectivity index (χ2n) is 4.58. The first-order chi connectivity index (χ1) is 9.36. The van der Waals surface area contributed by atoms with Crippen LogP contribution in [-0.2, 0) is 11.3 Å². The Morgan fingerprint density at radius 2 is 2.15 bits per heavy atom. The van der Waals surface area contributed by atoms with Gasteiger partial charge in [0.25, 0.3) is 5.91 Å². The van der Waals surface area contributed by atoms with Gasteiger partial charge in [-0.1, -0.05) is 6.07 Å². The van der Waals surface area contributed by atoms with Crippen LogP contribution in [0, 0.1) is 10.1 Å². The Morgan fingerprint density at radius 3 is 2.65 bits per heavy atom. The average Bonchev–Trinajstić information content (AvgIpc) is 2.39. The maximum atomic E-state index is 11.7. The molecule has 0 fully saturated rings. The quantitative estimate of drug-likeness (QED) is 0.625. The minimum absolute atomic E-state index is 0.0950. The second kappa shape index (κ2) is 6.85. The Hall–Kier alpha value is -2.15. The zero-order valence-corrected chi connectivity index (χ0v) is 12.0. The largest absolute Gasteiger partial charge is 0.474 e. The molecule has 1 atom stereocenters. The number of nitrogens with one attached hydrogen (secondary N) is 1. The molecule has 0 aliphatic carbocycles. The summed E-state index contributed by atoms with van der Waals surface area (Å²) in [5, 5.41) is 14.0. The molecular formula is C13H19N3O4. The summed E-state index contributed by atoms with van der Waals surface area (Å²) in [7, 11) is 4.97. The summed E-state index contributed by atoms with van der Waals surface area (Å²) >= 11 is 0. The third kappa shape index (κ3) is 3.92. The predicted molar refractivity (Wildman–Crippen MR) is 74.6 cm³/mol. The highest BCUT2D eigenvalue weighted by molar-refractivity contribution is 5.80. The first kappa shape index (κ1) is 15.9. The first-order valence-electron chi connectivity index (χ1n) is 6.16. The summed E-state index contributed by atoms with van der Waals surface area (Å²) in [4.78, 5) is 23.7. The van der Waals surface area contributed by atoms with Gasteiger partial charge >= 0.3 is 5.69 Å². The molecular weight excluding hydrogens is 262 g/mol. The van der Waals surface area contributed by atoms with Crippen LogP contribution in [0.25, 0.3) is 0 Å². The van der Waals surface area contributed by atoms with Crippen LogP contribution in [0.2, 0.25) is 0 Å². The van der Waals surface area contributed by atoms with Gasteiger partial charge in [0.15, 0.2) is 11.9 Å². The Kier molecular flexibility index (Phi) is 5.45. The van der Waals surface area contributed by atoms with Gasteiger partial charge in [-0.15, -0.1) is 0 Å². The second-order valence-corrected chi connectivity index (χ2v) is 4.58. The third-order valence-electron chi connectivity index (χ3n) is 2.69. The summed E-state index contributed by atoms with van der Waals surface area (Å²) in [5.74, 6) is -0.156. The molecule has 0 radical (unpaired) electrons. The van der Waals surface area contributed by atoms with Crippen molar-refractivity contribution in [2.24, 2.45) is 0 Å². The van der Waals surface area contributed by atoms with Gasteiger partial charge in [-0.25, -0.2) is 0 Å². The molecule has 1 rings (SSSR count). The molecule has 0 spiro atoms. The number of carbonyl (C=O) groups excluding carboxylic acids is 1. The summed E-state index contributed by atoms with van der Waals surface area (Å²) in [5.41, 5.74) is 0.634. The summed E-state index contributed by atoms with van der Waals surface area (Å²) in [6, 6.07) is 4.69. The van der Waals surface area contributed by atoms with Crippen LogP contribution in [0.3, 0.4) is 0 Å². The van der Waals surface area contributed by atoms with E-state index in [-0.39, 0.29) is 17.3 Å².